The van der Waals surface area contributed by atoms with Crippen LogP contribution in [0.15, 0.2) is 0 Å². The second kappa shape index (κ2) is 8.34. The van der Waals surface area contributed by atoms with Crippen LogP contribution >= 0.6 is 11.8 Å². The average Bonchev–Trinajstić information content (AvgIpc) is 2.34. The number of nitrogens with one attached hydrogen (secondary N) is 2. The molecule has 0 radical (unpaired) electrons. The molecule has 0 aliphatic carbocycles. The molecule has 1 fully saturated rings. The van der Waals surface area contributed by atoms with Gasteiger partial charge in [-0.1, -0.05) is 6.42 Å². The molecule has 1 unspecified atom stereocenters. The van der Waals surface area contributed by atoms with Crippen LogP contribution < -0.4 is 10.0 Å². The van der Waals surface area contributed by atoms with Crippen LogP contribution in [-0.2, 0) is 10.0 Å². The molecule has 0 bridgehead atoms. The zero-order valence-corrected chi connectivity index (χ0v) is 12.2. The molecule has 0 aromatic rings. The fraction of sp³-hybridized carbons (Fsp3) is 1.00. The van der Waals surface area contributed by atoms with Crippen LogP contribution in [0.1, 0.15) is 32.1 Å². The lowest BCUT2D eigenvalue weighted by Crippen LogP contribution is -2.37. The number of hydrogen-bond acceptors (Lipinski definition) is 4. The highest BCUT2D eigenvalue weighted by Gasteiger charge is 2.16. The van der Waals surface area contributed by atoms with Crippen LogP contribution in [0.2, 0.25) is 0 Å². The summed E-state index contributed by atoms with van der Waals surface area (Å²) in [5, 5.41) is 3.37. The van der Waals surface area contributed by atoms with Crippen molar-refractivity contribution in [3.8, 4) is 0 Å². The molecule has 2 N–H and O–H groups in total. The Morgan fingerprint density at radius 2 is 2.24 bits per heavy atom. The van der Waals surface area contributed by atoms with E-state index < -0.39 is 10.0 Å². The maximum Gasteiger partial charge on any atom is 0.211 e. The number of rotatable bonds is 8. The van der Waals surface area contributed by atoms with Crippen molar-refractivity contribution in [1.82, 2.24) is 10.0 Å². The maximum absolute atomic E-state index is 11.7. The van der Waals surface area contributed by atoms with E-state index in [-0.39, 0.29) is 5.75 Å². The van der Waals surface area contributed by atoms with Crippen molar-refractivity contribution in [3.63, 3.8) is 0 Å². The number of piperidine rings is 1. The second-order valence-electron chi connectivity index (χ2n) is 4.50. The Balaban J connectivity index is 2.14. The van der Waals surface area contributed by atoms with Crippen molar-refractivity contribution in [3.05, 3.63) is 0 Å². The minimum atomic E-state index is -3.06. The molecule has 1 aliphatic rings. The van der Waals surface area contributed by atoms with Crippen molar-refractivity contribution < 1.29 is 8.42 Å². The zero-order chi connectivity index (χ0) is 12.6. The van der Waals surface area contributed by atoms with Crippen molar-refractivity contribution in [1.29, 1.82) is 0 Å². The molecule has 4 nitrogen and oxygen atoms in total. The first-order chi connectivity index (χ1) is 8.14. The monoisotopic (exact) mass is 280 g/mol. The molecule has 1 atom stereocenters. The molecule has 1 aliphatic heterocycles. The Morgan fingerprint density at radius 1 is 1.41 bits per heavy atom. The van der Waals surface area contributed by atoms with E-state index in [0.717, 1.165) is 31.6 Å². The second-order valence-corrected chi connectivity index (χ2v) is 7.41. The zero-order valence-electron chi connectivity index (χ0n) is 10.6. The van der Waals surface area contributed by atoms with Gasteiger partial charge < -0.3 is 5.32 Å². The first-order valence-electron chi connectivity index (χ1n) is 6.34. The van der Waals surface area contributed by atoms with Crippen LogP contribution in [0.25, 0.3) is 0 Å². The summed E-state index contributed by atoms with van der Waals surface area (Å²) >= 11 is 1.74. The van der Waals surface area contributed by atoms with Gasteiger partial charge in [0.2, 0.25) is 10.0 Å². The summed E-state index contributed by atoms with van der Waals surface area (Å²) in [7, 11) is -3.06. The van der Waals surface area contributed by atoms with Gasteiger partial charge in [-0.15, -0.1) is 0 Å². The van der Waals surface area contributed by atoms with E-state index >= 15 is 0 Å². The SMILES string of the molecule is CSCCCNS(=O)(=O)CCC1CCCCN1. The average molecular weight is 280 g/mol. The number of sulfonamides is 1. The van der Waals surface area contributed by atoms with Gasteiger partial charge in [0, 0.05) is 12.6 Å². The fourth-order valence-corrected chi connectivity index (χ4v) is 3.61. The van der Waals surface area contributed by atoms with Crippen LogP contribution in [0.4, 0.5) is 0 Å². The van der Waals surface area contributed by atoms with Crippen molar-refractivity contribution in [2.45, 2.75) is 38.1 Å². The van der Waals surface area contributed by atoms with E-state index in [9.17, 15) is 8.42 Å². The molecule has 1 saturated heterocycles. The Morgan fingerprint density at radius 3 is 2.88 bits per heavy atom. The predicted octanol–water partition coefficient (Wildman–Crippen LogP) is 1.19. The lowest BCUT2D eigenvalue weighted by atomic mass is 10.0. The summed E-state index contributed by atoms with van der Waals surface area (Å²) in [6.45, 7) is 1.60. The topological polar surface area (TPSA) is 58.2 Å². The van der Waals surface area contributed by atoms with E-state index in [4.69, 9.17) is 0 Å². The Bertz CT molecular complexity index is 288. The Kier molecular flexibility index (Phi) is 7.50. The van der Waals surface area contributed by atoms with Gasteiger partial charge in [-0.05, 0) is 44.2 Å². The van der Waals surface area contributed by atoms with E-state index in [1.165, 1.54) is 12.8 Å². The van der Waals surface area contributed by atoms with Gasteiger partial charge in [-0.2, -0.15) is 11.8 Å². The lowest BCUT2D eigenvalue weighted by molar-refractivity contribution is 0.392. The quantitative estimate of drug-likeness (QED) is 0.656. The summed E-state index contributed by atoms with van der Waals surface area (Å²) in [6.07, 6.45) is 7.22. The molecule has 0 spiro atoms. The van der Waals surface area contributed by atoms with Gasteiger partial charge in [-0.3, -0.25) is 0 Å². The summed E-state index contributed by atoms with van der Waals surface area (Å²) in [6, 6.07) is 0.395. The molecule has 102 valence electrons. The van der Waals surface area contributed by atoms with Gasteiger partial charge in [-0.25, -0.2) is 13.1 Å². The third kappa shape index (κ3) is 7.28. The predicted molar refractivity (Wildman–Crippen MR) is 75.0 cm³/mol. The minimum absolute atomic E-state index is 0.254. The third-order valence-electron chi connectivity index (χ3n) is 2.99. The van der Waals surface area contributed by atoms with Gasteiger partial charge in [0.25, 0.3) is 0 Å². The first kappa shape index (κ1) is 15.3. The van der Waals surface area contributed by atoms with E-state index in [2.05, 4.69) is 10.0 Å². The van der Waals surface area contributed by atoms with Gasteiger partial charge in [0.05, 0.1) is 5.75 Å². The Labute approximate surface area is 109 Å². The maximum atomic E-state index is 11.7. The molecule has 0 amide bonds. The van der Waals surface area contributed by atoms with Gasteiger partial charge >= 0.3 is 0 Å². The van der Waals surface area contributed by atoms with Crippen LogP contribution in [0.3, 0.4) is 0 Å². The highest BCUT2D eigenvalue weighted by atomic mass is 32.2. The van der Waals surface area contributed by atoms with E-state index in [1.807, 2.05) is 6.26 Å². The minimum Gasteiger partial charge on any atom is -0.314 e. The van der Waals surface area contributed by atoms with Crippen molar-refractivity contribution in [2.24, 2.45) is 0 Å². The van der Waals surface area contributed by atoms with Crippen molar-refractivity contribution in [2.75, 3.05) is 30.9 Å². The summed E-state index contributed by atoms with van der Waals surface area (Å²) < 4.78 is 26.0. The lowest BCUT2D eigenvalue weighted by Gasteiger charge is -2.23. The Hall–Kier alpha value is 0.220. The third-order valence-corrected chi connectivity index (χ3v) is 5.11. The van der Waals surface area contributed by atoms with Crippen LogP contribution in [-0.4, -0.2) is 45.3 Å². The van der Waals surface area contributed by atoms with E-state index in [0.29, 0.717) is 12.6 Å². The number of thioether (sulfide) groups is 1. The standard InChI is InChI=1S/C11H24N2O2S2/c1-16-9-4-8-13-17(14,15)10-6-11-5-2-3-7-12-11/h11-13H,2-10H2,1H3. The van der Waals surface area contributed by atoms with Crippen LogP contribution in [0.5, 0.6) is 0 Å². The molecular weight excluding hydrogens is 256 g/mol. The fourth-order valence-electron chi connectivity index (χ4n) is 1.98. The molecule has 1 rings (SSSR count). The highest BCUT2D eigenvalue weighted by Crippen LogP contribution is 2.10. The smallest absolute Gasteiger partial charge is 0.211 e. The van der Waals surface area contributed by atoms with Gasteiger partial charge in [0.15, 0.2) is 0 Å². The molecule has 0 saturated carbocycles. The molecule has 1 heterocycles. The van der Waals surface area contributed by atoms with Gasteiger partial charge in [0.1, 0.15) is 0 Å². The summed E-state index contributed by atoms with van der Waals surface area (Å²) in [4.78, 5) is 0. The van der Waals surface area contributed by atoms with Crippen molar-refractivity contribution >= 4 is 21.8 Å². The van der Waals surface area contributed by atoms with E-state index in [1.54, 1.807) is 11.8 Å². The summed E-state index contributed by atoms with van der Waals surface area (Å²) in [5.41, 5.74) is 0. The molecule has 17 heavy (non-hydrogen) atoms. The largest absolute Gasteiger partial charge is 0.314 e. The first-order valence-corrected chi connectivity index (χ1v) is 9.38. The molecule has 6 heteroatoms. The normalized spacial score (nSPS) is 21.6. The van der Waals surface area contributed by atoms with Crippen LogP contribution in [0, 0.1) is 0 Å². The molecule has 0 aromatic carbocycles. The number of hydrogen-bond donors (Lipinski definition) is 2. The molecular formula is C11H24N2O2S2. The highest BCUT2D eigenvalue weighted by molar-refractivity contribution is 7.98. The summed E-state index contributed by atoms with van der Waals surface area (Å²) in [5.74, 6) is 1.26. The molecule has 0 aromatic heterocycles.